The van der Waals surface area contributed by atoms with Crippen LogP contribution in [-0.4, -0.2) is 134 Å². The first-order chi connectivity index (χ1) is 30.0. The van der Waals surface area contributed by atoms with Gasteiger partial charge in [0.1, 0.15) is 11.0 Å². The zero-order valence-electron chi connectivity index (χ0n) is 39.7. The number of likely N-dealkylation sites (N-methyl/N-ethyl adjacent to an activating group) is 2. The van der Waals surface area contributed by atoms with E-state index in [0.717, 1.165) is 36.3 Å². The third-order valence-electron chi connectivity index (χ3n) is 12.6. The molecule has 63 heavy (non-hydrogen) atoms. The molecule has 3 rings (SSSR count). The van der Waals surface area contributed by atoms with Crippen molar-refractivity contribution in [3.8, 4) is 0 Å². The summed E-state index contributed by atoms with van der Waals surface area (Å²) in [6.07, 6.45) is 4.78. The second-order valence-electron chi connectivity index (χ2n) is 17.8. The molecule has 2 aromatic rings. The fourth-order valence-corrected chi connectivity index (χ4v) is 9.69. The van der Waals surface area contributed by atoms with Crippen LogP contribution >= 0.6 is 11.3 Å². The molecule has 0 saturated carbocycles. The summed E-state index contributed by atoms with van der Waals surface area (Å²) in [5, 5.41) is 9.06. The molecule has 16 heteroatoms. The lowest BCUT2D eigenvalue weighted by atomic mass is 9.89. The third-order valence-corrected chi connectivity index (χ3v) is 13.5. The average molecular weight is 900 g/mol. The molecule has 15 nitrogen and oxygen atoms in total. The van der Waals surface area contributed by atoms with Gasteiger partial charge in [0.25, 0.3) is 0 Å². The molecule has 9 atom stereocenters. The molecule has 2 heterocycles. The van der Waals surface area contributed by atoms with Gasteiger partial charge in [-0.1, -0.05) is 85.2 Å². The lowest BCUT2D eigenvalue weighted by molar-refractivity contribution is -0.148. The Balaban J connectivity index is 1.74. The van der Waals surface area contributed by atoms with Crippen LogP contribution in [0.1, 0.15) is 110 Å². The van der Waals surface area contributed by atoms with Gasteiger partial charge in [-0.3, -0.25) is 24.1 Å². The number of methoxy groups -OCH3 is 2. The number of hydrogen-bond donors (Lipinski definition) is 3. The fraction of sp³-hybridized carbons (Fsp3) is 0.702. The minimum Gasteiger partial charge on any atom is -0.450 e. The van der Waals surface area contributed by atoms with Crippen LogP contribution in [0.3, 0.4) is 0 Å². The van der Waals surface area contributed by atoms with Gasteiger partial charge >= 0.3 is 6.09 Å². The SMILES string of the molecule is CC[C@H](C)[C@@H]([C@@H](CC(=O)N1CCC[C@H]1[C@H](OC)[C@@H](C)C(=O)N[C@@H](Cc1ccccc1)c1nccs1)OC)N(C)C(=O)[C@@H](NC(=O)[C@H](C(C)C)N(C)CCCCCOC(N)=O)C(C)C. The number of nitrogens with one attached hydrogen (secondary N) is 2. The summed E-state index contributed by atoms with van der Waals surface area (Å²) >= 11 is 1.50. The van der Waals surface area contributed by atoms with Crippen molar-refractivity contribution in [1.82, 2.24) is 30.3 Å². The minimum atomic E-state index is -0.816. The maximum absolute atomic E-state index is 14.5. The molecule has 0 aliphatic carbocycles. The number of benzene rings is 1. The summed E-state index contributed by atoms with van der Waals surface area (Å²) in [5.74, 6) is -1.66. The van der Waals surface area contributed by atoms with Gasteiger partial charge in [0.2, 0.25) is 23.6 Å². The first-order valence-corrected chi connectivity index (χ1v) is 23.6. The Morgan fingerprint density at radius 2 is 1.63 bits per heavy atom. The van der Waals surface area contributed by atoms with Crippen molar-refractivity contribution in [2.45, 2.75) is 142 Å². The van der Waals surface area contributed by atoms with Gasteiger partial charge < -0.3 is 40.4 Å². The highest BCUT2D eigenvalue weighted by Gasteiger charge is 2.43. The van der Waals surface area contributed by atoms with Gasteiger partial charge in [-0.05, 0) is 75.4 Å². The molecule has 0 radical (unpaired) electrons. The number of thiazole rings is 1. The molecule has 0 spiro atoms. The highest BCUT2D eigenvalue weighted by atomic mass is 32.1. The van der Waals surface area contributed by atoms with Gasteiger partial charge in [0, 0.05) is 39.4 Å². The van der Waals surface area contributed by atoms with E-state index in [1.54, 1.807) is 32.4 Å². The van der Waals surface area contributed by atoms with E-state index in [0.29, 0.717) is 32.4 Å². The molecular formula is C47H77N7O8S. The summed E-state index contributed by atoms with van der Waals surface area (Å²) < 4.78 is 17.0. The van der Waals surface area contributed by atoms with Crippen molar-refractivity contribution in [3.05, 3.63) is 52.5 Å². The van der Waals surface area contributed by atoms with Gasteiger partial charge in [-0.25, -0.2) is 9.78 Å². The van der Waals surface area contributed by atoms with Crippen molar-refractivity contribution in [3.63, 3.8) is 0 Å². The summed E-state index contributed by atoms with van der Waals surface area (Å²) in [6.45, 7) is 15.2. The van der Waals surface area contributed by atoms with Crippen LogP contribution in [-0.2, 0) is 39.8 Å². The lowest BCUT2D eigenvalue weighted by Gasteiger charge is -2.41. The van der Waals surface area contributed by atoms with E-state index in [1.165, 1.54) is 11.3 Å². The highest BCUT2D eigenvalue weighted by molar-refractivity contribution is 7.09. The first-order valence-electron chi connectivity index (χ1n) is 22.7. The van der Waals surface area contributed by atoms with E-state index >= 15 is 0 Å². The highest BCUT2D eigenvalue weighted by Crippen LogP contribution is 2.31. The molecule has 1 aromatic heterocycles. The molecule has 1 aliphatic rings. The van der Waals surface area contributed by atoms with Crippen LogP contribution in [0.25, 0.3) is 0 Å². The number of rotatable bonds is 27. The molecule has 1 fully saturated rings. The number of nitrogens with two attached hydrogens (primary N) is 1. The number of unbranched alkanes of at least 4 members (excludes halogenated alkanes) is 2. The van der Waals surface area contributed by atoms with E-state index in [-0.39, 0.29) is 66.5 Å². The van der Waals surface area contributed by atoms with Crippen molar-refractivity contribution in [2.75, 3.05) is 48.0 Å². The zero-order chi connectivity index (χ0) is 46.8. The summed E-state index contributed by atoms with van der Waals surface area (Å²) in [4.78, 5) is 77.8. The van der Waals surface area contributed by atoms with E-state index in [1.807, 2.05) is 101 Å². The molecule has 0 unspecified atom stereocenters. The van der Waals surface area contributed by atoms with Gasteiger partial charge in [-0.2, -0.15) is 0 Å². The Kier molecular flexibility index (Phi) is 22.5. The molecule has 1 aliphatic heterocycles. The maximum Gasteiger partial charge on any atom is 0.404 e. The van der Waals surface area contributed by atoms with Gasteiger partial charge in [-0.15, -0.1) is 11.3 Å². The van der Waals surface area contributed by atoms with Crippen molar-refractivity contribution < 1.29 is 38.2 Å². The Hall–Kier alpha value is -4.12. The van der Waals surface area contributed by atoms with E-state index in [4.69, 9.17) is 19.9 Å². The topological polar surface area (TPSA) is 186 Å². The predicted molar refractivity (Wildman–Crippen MR) is 247 cm³/mol. The molecule has 4 N–H and O–H groups in total. The van der Waals surface area contributed by atoms with Crippen LogP contribution in [0.4, 0.5) is 4.79 Å². The predicted octanol–water partition coefficient (Wildman–Crippen LogP) is 5.83. The lowest BCUT2D eigenvalue weighted by Crippen LogP contribution is -2.60. The number of hydrogen-bond acceptors (Lipinski definition) is 11. The van der Waals surface area contributed by atoms with Crippen LogP contribution < -0.4 is 16.4 Å². The Labute approximate surface area is 380 Å². The Morgan fingerprint density at radius 3 is 2.21 bits per heavy atom. The van der Waals surface area contributed by atoms with Crippen molar-refractivity contribution in [1.29, 1.82) is 0 Å². The molecule has 1 saturated heterocycles. The first kappa shape index (κ1) is 53.2. The number of likely N-dealkylation sites (tertiary alicyclic amines) is 1. The molecular weight excluding hydrogens is 823 g/mol. The smallest absolute Gasteiger partial charge is 0.404 e. The van der Waals surface area contributed by atoms with Crippen LogP contribution in [0.2, 0.25) is 0 Å². The summed E-state index contributed by atoms with van der Waals surface area (Å²) in [7, 11) is 6.81. The second kappa shape index (κ2) is 26.6. The molecule has 354 valence electrons. The largest absolute Gasteiger partial charge is 0.450 e. The zero-order valence-corrected chi connectivity index (χ0v) is 40.5. The van der Waals surface area contributed by atoms with Crippen LogP contribution in [0, 0.1) is 23.7 Å². The Bertz CT molecular complexity index is 1700. The second-order valence-corrected chi connectivity index (χ2v) is 18.8. The molecule has 1 aromatic carbocycles. The number of primary amides is 1. The molecule has 0 bridgehead atoms. The number of nitrogens with zero attached hydrogens (tertiary/aromatic N) is 4. The van der Waals surface area contributed by atoms with E-state index < -0.39 is 42.3 Å². The third kappa shape index (κ3) is 15.5. The van der Waals surface area contributed by atoms with Crippen molar-refractivity contribution >= 4 is 41.1 Å². The summed E-state index contributed by atoms with van der Waals surface area (Å²) in [6, 6.07) is 7.56. The molecule has 5 amide bonds. The van der Waals surface area contributed by atoms with E-state index in [9.17, 15) is 24.0 Å². The number of carbonyl (C=O) groups excluding carboxylic acids is 5. The number of amides is 5. The van der Waals surface area contributed by atoms with Crippen LogP contribution in [0.5, 0.6) is 0 Å². The fourth-order valence-electron chi connectivity index (χ4n) is 9.00. The number of ether oxygens (including phenoxy) is 3. The quantitative estimate of drug-likeness (QED) is 0.0923. The van der Waals surface area contributed by atoms with Crippen molar-refractivity contribution in [2.24, 2.45) is 29.4 Å². The standard InChI is InChI=1S/C47H77N7O8S/c1-12-32(6)41(53(9)46(58)39(30(2)3)51-44(57)40(31(4)5)52(8)24-17-14-18-26-62-47(48)59)37(60-10)29-38(55)54-25-19-22-36(54)42(61-11)33(7)43(56)50-35(45-49-23-27-63-45)28-34-20-15-13-16-21-34/h13,15-16,20-21,23,27,30-33,35-37,39-42H,12,14,17-19,22,24-26,28-29H2,1-11H3,(H2,48,59)(H,50,56)(H,51,57)/t32-,33+,35-,36-,37+,39-,40-,41-,42+/m0/s1. The number of carbonyl (C=O) groups is 5. The van der Waals surface area contributed by atoms with E-state index in [2.05, 4.69) is 15.6 Å². The summed E-state index contributed by atoms with van der Waals surface area (Å²) in [5.41, 5.74) is 6.14. The van der Waals surface area contributed by atoms with Crippen LogP contribution in [0.15, 0.2) is 41.9 Å². The minimum absolute atomic E-state index is 0.0212. The average Bonchev–Trinajstić information content (AvgIpc) is 3.97. The van der Waals surface area contributed by atoms with Gasteiger partial charge in [0.05, 0.1) is 55.3 Å². The van der Waals surface area contributed by atoms with Gasteiger partial charge in [0.15, 0.2) is 0 Å². The normalized spacial score (nSPS) is 18.0. The Morgan fingerprint density at radius 1 is 0.937 bits per heavy atom. The number of aromatic nitrogens is 1. The maximum atomic E-state index is 14.5. The monoisotopic (exact) mass is 900 g/mol.